The Morgan fingerprint density at radius 1 is 1.22 bits per heavy atom. The van der Waals surface area contributed by atoms with Gasteiger partial charge in [-0.2, -0.15) is 0 Å². The van der Waals surface area contributed by atoms with Gasteiger partial charge in [0.1, 0.15) is 0 Å². The molecule has 1 aliphatic rings. The minimum atomic E-state index is 0.240. The van der Waals surface area contributed by atoms with Crippen molar-refractivity contribution in [2.75, 3.05) is 6.54 Å². The van der Waals surface area contributed by atoms with Crippen molar-refractivity contribution in [1.82, 2.24) is 10.3 Å². The van der Waals surface area contributed by atoms with E-state index in [1.165, 1.54) is 16.5 Å². The number of nitrogens with one attached hydrogen (secondary N) is 2. The highest BCUT2D eigenvalue weighted by molar-refractivity contribution is 5.92. The number of allylic oxidation sites excluding steroid dienone is 2. The van der Waals surface area contributed by atoms with Gasteiger partial charge in [0, 0.05) is 41.8 Å². The molecule has 0 amide bonds. The van der Waals surface area contributed by atoms with E-state index in [-0.39, 0.29) is 5.78 Å². The standard InChI is InChI=1S/C15H16N2O/c18-13-6-5-12(9-13)16-8-7-11-10-17-15-4-2-1-3-14(11)15/h1-4,9-10,16-17H,5-8H2. The molecule has 3 nitrogen and oxygen atoms in total. The zero-order valence-corrected chi connectivity index (χ0v) is 10.2. The number of carbonyl (C=O) groups excluding carboxylic acids is 1. The number of carbonyl (C=O) groups is 1. The fourth-order valence-electron chi connectivity index (χ4n) is 2.43. The molecule has 3 heteroatoms. The van der Waals surface area contributed by atoms with Crippen LogP contribution in [0.1, 0.15) is 18.4 Å². The largest absolute Gasteiger partial charge is 0.388 e. The number of benzene rings is 1. The van der Waals surface area contributed by atoms with Crippen molar-refractivity contribution in [1.29, 1.82) is 0 Å². The first-order chi connectivity index (χ1) is 8.83. The Morgan fingerprint density at radius 2 is 2.11 bits per heavy atom. The van der Waals surface area contributed by atoms with Crippen LogP contribution in [0, 0.1) is 0 Å². The van der Waals surface area contributed by atoms with Gasteiger partial charge in [0.15, 0.2) is 5.78 Å². The average molecular weight is 240 g/mol. The molecule has 1 aromatic carbocycles. The molecule has 18 heavy (non-hydrogen) atoms. The number of ketones is 1. The van der Waals surface area contributed by atoms with Crippen molar-refractivity contribution in [2.45, 2.75) is 19.3 Å². The van der Waals surface area contributed by atoms with Gasteiger partial charge in [-0.15, -0.1) is 0 Å². The van der Waals surface area contributed by atoms with E-state index in [0.717, 1.165) is 25.1 Å². The van der Waals surface area contributed by atoms with Crippen LogP contribution in [0.2, 0.25) is 0 Å². The summed E-state index contributed by atoms with van der Waals surface area (Å²) in [6.45, 7) is 0.876. The summed E-state index contributed by atoms with van der Waals surface area (Å²) in [4.78, 5) is 14.4. The predicted molar refractivity (Wildman–Crippen MR) is 72.3 cm³/mol. The molecule has 0 unspecified atom stereocenters. The molecule has 0 saturated carbocycles. The summed E-state index contributed by atoms with van der Waals surface area (Å²) in [5, 5.41) is 4.63. The molecule has 0 aliphatic heterocycles. The predicted octanol–water partition coefficient (Wildman–Crippen LogP) is 2.55. The Bertz CT molecular complexity index is 610. The number of hydrogen-bond acceptors (Lipinski definition) is 2. The lowest BCUT2D eigenvalue weighted by molar-refractivity contribution is -0.114. The van der Waals surface area contributed by atoms with Gasteiger partial charge >= 0.3 is 0 Å². The van der Waals surface area contributed by atoms with Gasteiger partial charge in [0.25, 0.3) is 0 Å². The van der Waals surface area contributed by atoms with Crippen LogP contribution in [0.15, 0.2) is 42.2 Å². The number of rotatable bonds is 4. The topological polar surface area (TPSA) is 44.9 Å². The number of H-pyrrole nitrogens is 1. The Morgan fingerprint density at radius 3 is 2.94 bits per heavy atom. The minimum Gasteiger partial charge on any atom is -0.388 e. The summed E-state index contributed by atoms with van der Waals surface area (Å²) >= 11 is 0. The third kappa shape index (κ3) is 2.16. The number of fused-ring (bicyclic) bond motifs is 1. The third-order valence-electron chi connectivity index (χ3n) is 3.40. The molecule has 92 valence electrons. The second-order valence-corrected chi connectivity index (χ2v) is 4.67. The molecule has 2 aromatic rings. The monoisotopic (exact) mass is 240 g/mol. The van der Waals surface area contributed by atoms with E-state index in [9.17, 15) is 4.79 Å². The summed E-state index contributed by atoms with van der Waals surface area (Å²) in [5.74, 6) is 0.240. The molecule has 0 fully saturated rings. The summed E-state index contributed by atoms with van der Waals surface area (Å²) in [6, 6.07) is 8.32. The van der Waals surface area contributed by atoms with E-state index in [0.29, 0.717) is 6.42 Å². The van der Waals surface area contributed by atoms with E-state index in [1.807, 2.05) is 6.07 Å². The van der Waals surface area contributed by atoms with E-state index >= 15 is 0 Å². The number of hydrogen-bond donors (Lipinski definition) is 2. The number of para-hydroxylation sites is 1. The summed E-state index contributed by atoms with van der Waals surface area (Å²) in [5.41, 5.74) is 3.59. The van der Waals surface area contributed by atoms with Crippen LogP contribution in [0.25, 0.3) is 10.9 Å². The molecule has 1 aromatic heterocycles. The Kier molecular flexibility index (Phi) is 2.89. The third-order valence-corrected chi connectivity index (χ3v) is 3.40. The van der Waals surface area contributed by atoms with Gasteiger partial charge in [-0.05, 0) is 24.5 Å². The van der Waals surface area contributed by atoms with E-state index < -0.39 is 0 Å². The van der Waals surface area contributed by atoms with Gasteiger partial charge in [-0.3, -0.25) is 4.79 Å². The molecule has 0 bridgehead atoms. The van der Waals surface area contributed by atoms with Crippen LogP contribution < -0.4 is 5.32 Å². The minimum absolute atomic E-state index is 0.240. The molecular formula is C15H16N2O. The molecule has 0 atom stereocenters. The molecule has 1 aliphatic carbocycles. The highest BCUT2D eigenvalue weighted by Crippen LogP contribution is 2.18. The van der Waals surface area contributed by atoms with Gasteiger partial charge < -0.3 is 10.3 Å². The van der Waals surface area contributed by atoms with Crippen molar-refractivity contribution in [3.63, 3.8) is 0 Å². The molecule has 0 spiro atoms. The molecular weight excluding hydrogens is 224 g/mol. The molecule has 2 N–H and O–H groups in total. The van der Waals surface area contributed by atoms with Gasteiger partial charge in [0.05, 0.1) is 0 Å². The first-order valence-corrected chi connectivity index (χ1v) is 6.35. The maximum atomic E-state index is 11.1. The highest BCUT2D eigenvalue weighted by Gasteiger charge is 2.11. The fourth-order valence-corrected chi connectivity index (χ4v) is 2.43. The molecule has 3 rings (SSSR count). The zero-order valence-electron chi connectivity index (χ0n) is 10.2. The lowest BCUT2D eigenvalue weighted by atomic mass is 10.1. The number of aromatic amines is 1. The Balaban J connectivity index is 1.63. The quantitative estimate of drug-likeness (QED) is 0.862. The first-order valence-electron chi connectivity index (χ1n) is 6.35. The summed E-state index contributed by atoms with van der Waals surface area (Å²) in [6.07, 6.45) is 6.30. The van der Waals surface area contributed by atoms with E-state index in [2.05, 4.69) is 34.7 Å². The van der Waals surface area contributed by atoms with Gasteiger partial charge in [-0.25, -0.2) is 0 Å². The Hall–Kier alpha value is -2.03. The van der Waals surface area contributed by atoms with Gasteiger partial charge in [-0.1, -0.05) is 18.2 Å². The molecule has 1 heterocycles. The molecule has 0 radical (unpaired) electrons. The normalized spacial score (nSPS) is 15.1. The Labute approximate surface area is 106 Å². The van der Waals surface area contributed by atoms with Crippen LogP contribution in [0.3, 0.4) is 0 Å². The maximum absolute atomic E-state index is 11.1. The highest BCUT2D eigenvalue weighted by atomic mass is 16.1. The van der Waals surface area contributed by atoms with Crippen LogP contribution in [0.5, 0.6) is 0 Å². The summed E-state index contributed by atoms with van der Waals surface area (Å²) in [7, 11) is 0. The van der Waals surface area contributed by atoms with Crippen LogP contribution >= 0.6 is 0 Å². The van der Waals surface area contributed by atoms with Crippen LogP contribution in [-0.2, 0) is 11.2 Å². The van der Waals surface area contributed by atoms with Crippen molar-refractivity contribution in [3.8, 4) is 0 Å². The van der Waals surface area contributed by atoms with Gasteiger partial charge in [0.2, 0.25) is 0 Å². The van der Waals surface area contributed by atoms with Crippen molar-refractivity contribution in [3.05, 3.63) is 47.8 Å². The van der Waals surface area contributed by atoms with E-state index in [1.54, 1.807) is 6.08 Å². The number of aromatic nitrogens is 1. The summed E-state index contributed by atoms with van der Waals surface area (Å²) < 4.78 is 0. The van der Waals surface area contributed by atoms with Crippen LogP contribution in [0.4, 0.5) is 0 Å². The van der Waals surface area contributed by atoms with Crippen molar-refractivity contribution >= 4 is 16.7 Å². The zero-order chi connectivity index (χ0) is 12.4. The lowest BCUT2D eigenvalue weighted by Gasteiger charge is -2.05. The van der Waals surface area contributed by atoms with Crippen molar-refractivity contribution < 1.29 is 4.79 Å². The van der Waals surface area contributed by atoms with Crippen molar-refractivity contribution in [2.24, 2.45) is 0 Å². The first kappa shape index (κ1) is 11.1. The lowest BCUT2D eigenvalue weighted by Crippen LogP contribution is -2.15. The second kappa shape index (κ2) is 4.69. The smallest absolute Gasteiger partial charge is 0.157 e. The second-order valence-electron chi connectivity index (χ2n) is 4.67. The van der Waals surface area contributed by atoms with Crippen LogP contribution in [-0.4, -0.2) is 17.3 Å². The fraction of sp³-hybridized carbons (Fsp3) is 0.267. The van der Waals surface area contributed by atoms with E-state index in [4.69, 9.17) is 0 Å². The average Bonchev–Trinajstić information content (AvgIpc) is 2.97. The SMILES string of the molecule is O=C1C=C(NCCc2c[nH]c3ccccc23)CC1. The maximum Gasteiger partial charge on any atom is 0.157 e. The molecule has 0 saturated heterocycles.